The van der Waals surface area contributed by atoms with Gasteiger partial charge in [-0.3, -0.25) is 0 Å². The molecule has 1 aliphatic heterocycles. The predicted octanol–water partition coefficient (Wildman–Crippen LogP) is 2.35. The van der Waals surface area contributed by atoms with E-state index in [0.29, 0.717) is 12.8 Å². The van der Waals surface area contributed by atoms with Crippen LogP contribution in [0.2, 0.25) is 0 Å². The van der Waals surface area contributed by atoms with Crippen molar-refractivity contribution in [2.24, 2.45) is 5.92 Å². The Labute approximate surface area is 102 Å². The third kappa shape index (κ3) is 2.12. The highest BCUT2D eigenvalue weighted by atomic mass is 16.7. The van der Waals surface area contributed by atoms with Gasteiger partial charge in [0.2, 0.25) is 6.79 Å². The van der Waals surface area contributed by atoms with Crippen molar-refractivity contribution in [1.82, 2.24) is 5.32 Å². The Morgan fingerprint density at radius 1 is 1.24 bits per heavy atom. The van der Waals surface area contributed by atoms with Crippen LogP contribution in [0.4, 0.5) is 0 Å². The zero-order chi connectivity index (χ0) is 11.7. The standard InChI is InChI=1S/C14H19NO2/c1-15-12-4-2-3-11(12)7-10-5-6-13-14(8-10)17-9-16-13/h5-6,8,11-12,15H,2-4,7,9H2,1H3. The monoisotopic (exact) mass is 233 g/mol. The van der Waals surface area contributed by atoms with E-state index in [1.165, 1.54) is 24.8 Å². The van der Waals surface area contributed by atoms with E-state index >= 15 is 0 Å². The lowest BCUT2D eigenvalue weighted by Crippen LogP contribution is -2.30. The van der Waals surface area contributed by atoms with Crippen LogP contribution in [0.1, 0.15) is 24.8 Å². The van der Waals surface area contributed by atoms with Crippen LogP contribution in [0.5, 0.6) is 11.5 Å². The summed E-state index contributed by atoms with van der Waals surface area (Å²) in [4.78, 5) is 0. The van der Waals surface area contributed by atoms with E-state index in [1.807, 2.05) is 6.07 Å². The molecule has 3 nitrogen and oxygen atoms in total. The summed E-state index contributed by atoms with van der Waals surface area (Å²) < 4.78 is 10.8. The zero-order valence-corrected chi connectivity index (χ0v) is 10.2. The summed E-state index contributed by atoms with van der Waals surface area (Å²) >= 11 is 0. The van der Waals surface area contributed by atoms with Gasteiger partial charge in [-0.2, -0.15) is 0 Å². The fourth-order valence-corrected chi connectivity index (χ4v) is 3.03. The van der Waals surface area contributed by atoms with Crippen LogP contribution in [-0.4, -0.2) is 19.9 Å². The highest BCUT2D eigenvalue weighted by Crippen LogP contribution is 2.35. The number of ether oxygens (including phenoxy) is 2. The second kappa shape index (κ2) is 4.57. The van der Waals surface area contributed by atoms with Crippen LogP contribution >= 0.6 is 0 Å². The Balaban J connectivity index is 1.72. The summed E-state index contributed by atoms with van der Waals surface area (Å²) in [5, 5.41) is 3.43. The summed E-state index contributed by atoms with van der Waals surface area (Å²) in [6, 6.07) is 7.01. The van der Waals surface area contributed by atoms with Crippen LogP contribution in [0.3, 0.4) is 0 Å². The Kier molecular flexibility index (Phi) is 2.93. The van der Waals surface area contributed by atoms with Gasteiger partial charge >= 0.3 is 0 Å². The molecule has 17 heavy (non-hydrogen) atoms. The van der Waals surface area contributed by atoms with Crippen LogP contribution in [0.15, 0.2) is 18.2 Å². The van der Waals surface area contributed by atoms with Crippen molar-refractivity contribution in [2.45, 2.75) is 31.7 Å². The van der Waals surface area contributed by atoms with Crippen molar-refractivity contribution in [3.05, 3.63) is 23.8 Å². The largest absolute Gasteiger partial charge is 0.454 e. The molecule has 0 aromatic heterocycles. The summed E-state index contributed by atoms with van der Waals surface area (Å²) in [5.41, 5.74) is 1.36. The zero-order valence-electron chi connectivity index (χ0n) is 10.2. The minimum atomic E-state index is 0.362. The Morgan fingerprint density at radius 3 is 3.00 bits per heavy atom. The minimum Gasteiger partial charge on any atom is -0.454 e. The normalized spacial score (nSPS) is 26.4. The smallest absolute Gasteiger partial charge is 0.231 e. The first-order valence-electron chi connectivity index (χ1n) is 6.42. The van der Waals surface area contributed by atoms with Gasteiger partial charge in [0.1, 0.15) is 0 Å². The molecule has 0 radical (unpaired) electrons. The molecule has 0 saturated heterocycles. The number of hydrogen-bond donors (Lipinski definition) is 1. The van der Waals surface area contributed by atoms with Crippen LogP contribution < -0.4 is 14.8 Å². The van der Waals surface area contributed by atoms with Crippen molar-refractivity contribution in [3.63, 3.8) is 0 Å². The molecule has 1 fully saturated rings. The fraction of sp³-hybridized carbons (Fsp3) is 0.571. The van der Waals surface area contributed by atoms with Gasteiger partial charge in [0, 0.05) is 6.04 Å². The lowest BCUT2D eigenvalue weighted by Gasteiger charge is -2.18. The number of fused-ring (bicyclic) bond motifs is 1. The number of nitrogens with one attached hydrogen (secondary N) is 1. The molecule has 0 amide bonds. The molecule has 3 heteroatoms. The number of rotatable bonds is 3. The summed E-state index contributed by atoms with van der Waals surface area (Å²) in [6.45, 7) is 0.362. The van der Waals surface area contributed by atoms with Crippen molar-refractivity contribution in [1.29, 1.82) is 0 Å². The second-order valence-electron chi connectivity index (χ2n) is 4.98. The van der Waals surface area contributed by atoms with Gasteiger partial charge in [-0.25, -0.2) is 0 Å². The summed E-state index contributed by atoms with van der Waals surface area (Å²) in [6.07, 6.45) is 5.13. The minimum absolute atomic E-state index is 0.362. The maximum atomic E-state index is 5.42. The second-order valence-corrected chi connectivity index (χ2v) is 4.98. The molecule has 1 heterocycles. The first-order valence-corrected chi connectivity index (χ1v) is 6.42. The van der Waals surface area contributed by atoms with E-state index < -0.39 is 0 Å². The molecular weight excluding hydrogens is 214 g/mol. The van der Waals surface area contributed by atoms with Crippen LogP contribution in [0, 0.1) is 5.92 Å². The van der Waals surface area contributed by atoms with Crippen molar-refractivity contribution >= 4 is 0 Å². The van der Waals surface area contributed by atoms with Gasteiger partial charge < -0.3 is 14.8 Å². The van der Waals surface area contributed by atoms with E-state index in [1.54, 1.807) is 0 Å². The van der Waals surface area contributed by atoms with E-state index in [4.69, 9.17) is 9.47 Å². The SMILES string of the molecule is CNC1CCCC1Cc1ccc2c(c1)OCO2. The molecule has 0 spiro atoms. The summed E-state index contributed by atoms with van der Waals surface area (Å²) in [5.74, 6) is 2.55. The predicted molar refractivity (Wildman–Crippen MR) is 66.5 cm³/mol. The van der Waals surface area contributed by atoms with Gasteiger partial charge in [0.15, 0.2) is 11.5 Å². The molecule has 2 aliphatic rings. The topological polar surface area (TPSA) is 30.5 Å². The van der Waals surface area contributed by atoms with E-state index in [9.17, 15) is 0 Å². The number of hydrogen-bond acceptors (Lipinski definition) is 3. The first-order chi connectivity index (χ1) is 8.36. The average molecular weight is 233 g/mol. The van der Waals surface area contributed by atoms with Gasteiger partial charge in [-0.05, 0) is 49.9 Å². The molecule has 1 saturated carbocycles. The fourth-order valence-electron chi connectivity index (χ4n) is 3.03. The first kappa shape index (κ1) is 10.9. The maximum absolute atomic E-state index is 5.42. The molecule has 2 unspecified atom stereocenters. The molecule has 1 aromatic carbocycles. The Hall–Kier alpha value is -1.22. The van der Waals surface area contributed by atoms with E-state index in [2.05, 4.69) is 24.5 Å². The lowest BCUT2D eigenvalue weighted by molar-refractivity contribution is 0.174. The van der Waals surface area contributed by atoms with Crippen LogP contribution in [-0.2, 0) is 6.42 Å². The van der Waals surface area contributed by atoms with Gasteiger partial charge in [-0.1, -0.05) is 12.5 Å². The molecular formula is C14H19NO2. The summed E-state index contributed by atoms with van der Waals surface area (Å²) in [7, 11) is 2.07. The molecule has 1 aliphatic carbocycles. The number of benzene rings is 1. The molecule has 92 valence electrons. The maximum Gasteiger partial charge on any atom is 0.231 e. The molecule has 1 N–H and O–H groups in total. The molecule has 2 atom stereocenters. The lowest BCUT2D eigenvalue weighted by atomic mass is 9.94. The van der Waals surface area contributed by atoms with Gasteiger partial charge in [0.05, 0.1) is 0 Å². The van der Waals surface area contributed by atoms with E-state index in [-0.39, 0.29) is 0 Å². The quantitative estimate of drug-likeness (QED) is 0.869. The molecule has 0 bridgehead atoms. The van der Waals surface area contributed by atoms with Crippen LogP contribution in [0.25, 0.3) is 0 Å². The van der Waals surface area contributed by atoms with Crippen molar-refractivity contribution in [2.75, 3.05) is 13.8 Å². The van der Waals surface area contributed by atoms with Gasteiger partial charge in [0.25, 0.3) is 0 Å². The molecule has 3 rings (SSSR count). The third-order valence-corrected chi connectivity index (χ3v) is 3.96. The highest BCUT2D eigenvalue weighted by Gasteiger charge is 2.26. The Bertz CT molecular complexity index is 405. The third-order valence-electron chi connectivity index (χ3n) is 3.96. The molecule has 1 aromatic rings. The van der Waals surface area contributed by atoms with Crippen molar-refractivity contribution < 1.29 is 9.47 Å². The Morgan fingerprint density at radius 2 is 2.12 bits per heavy atom. The highest BCUT2D eigenvalue weighted by molar-refractivity contribution is 5.44. The van der Waals surface area contributed by atoms with Gasteiger partial charge in [-0.15, -0.1) is 0 Å². The average Bonchev–Trinajstić information content (AvgIpc) is 2.96. The van der Waals surface area contributed by atoms with Crippen molar-refractivity contribution in [3.8, 4) is 11.5 Å². The van der Waals surface area contributed by atoms with E-state index in [0.717, 1.165) is 23.8 Å².